The average Bonchev–Trinajstić information content (AvgIpc) is 2.82. The van der Waals surface area contributed by atoms with Crippen molar-refractivity contribution in [3.05, 3.63) is 47.3 Å². The van der Waals surface area contributed by atoms with Crippen LogP contribution in [0.2, 0.25) is 0 Å². The summed E-state index contributed by atoms with van der Waals surface area (Å²) < 4.78 is 11.4. The maximum atomic E-state index is 12.3. The van der Waals surface area contributed by atoms with Gasteiger partial charge < -0.3 is 9.47 Å². The van der Waals surface area contributed by atoms with Crippen LogP contribution < -0.4 is 0 Å². The summed E-state index contributed by atoms with van der Waals surface area (Å²) >= 11 is 0. The Morgan fingerprint density at radius 1 is 1.18 bits per heavy atom. The van der Waals surface area contributed by atoms with Gasteiger partial charge in [0.1, 0.15) is 5.56 Å². The third-order valence-electron chi connectivity index (χ3n) is 3.31. The smallest absolute Gasteiger partial charge is 0.346 e. The maximum absolute atomic E-state index is 12.3. The molecule has 0 N–H and O–H groups in total. The summed E-state index contributed by atoms with van der Waals surface area (Å²) in [5.74, 6) is -1.19. The summed E-state index contributed by atoms with van der Waals surface area (Å²) in [4.78, 5) is 23.6. The molecule has 0 radical (unpaired) electrons. The molecule has 0 saturated heterocycles. The first kappa shape index (κ1) is 15.8. The van der Waals surface area contributed by atoms with Crippen molar-refractivity contribution < 1.29 is 19.1 Å². The molecule has 0 unspecified atom stereocenters. The topological polar surface area (TPSA) is 70.4 Å². The van der Waals surface area contributed by atoms with Gasteiger partial charge in [0.15, 0.2) is 6.10 Å². The highest BCUT2D eigenvalue weighted by Gasteiger charge is 2.25. The van der Waals surface area contributed by atoms with Crippen LogP contribution in [0.4, 0.5) is 0 Å². The third kappa shape index (κ3) is 3.00. The van der Waals surface area contributed by atoms with Gasteiger partial charge >= 0.3 is 11.9 Å². The van der Waals surface area contributed by atoms with Crippen molar-refractivity contribution in [2.45, 2.75) is 26.9 Å². The number of rotatable bonds is 4. The Morgan fingerprint density at radius 2 is 1.82 bits per heavy atom. The molecule has 0 aliphatic carbocycles. The fourth-order valence-electron chi connectivity index (χ4n) is 2.19. The number of aromatic nitrogens is 2. The predicted molar refractivity (Wildman–Crippen MR) is 79.9 cm³/mol. The Hall–Kier alpha value is -2.63. The number of carbonyl (C=O) groups is 2. The van der Waals surface area contributed by atoms with Crippen molar-refractivity contribution in [1.82, 2.24) is 9.78 Å². The molecule has 1 aromatic carbocycles. The van der Waals surface area contributed by atoms with Crippen molar-refractivity contribution >= 4 is 11.9 Å². The van der Waals surface area contributed by atoms with E-state index in [2.05, 4.69) is 9.84 Å². The summed E-state index contributed by atoms with van der Waals surface area (Å²) in [5, 5.41) is 4.37. The Bertz CT molecular complexity index is 692. The fraction of sp³-hybridized carbons (Fsp3) is 0.312. The first-order valence-electron chi connectivity index (χ1n) is 6.86. The number of nitrogens with zero attached hydrogens (tertiary/aromatic N) is 2. The number of para-hydroxylation sites is 1. The SMILES string of the molecule is COC(=O)[C@H](C)OC(=O)c1c(C)nn(-c2ccccc2)c1C. The predicted octanol–water partition coefficient (Wildman–Crippen LogP) is 2.21. The molecule has 6 nitrogen and oxygen atoms in total. The number of carbonyl (C=O) groups excluding carboxylic acids is 2. The highest BCUT2D eigenvalue weighted by atomic mass is 16.6. The second-order valence-corrected chi connectivity index (χ2v) is 4.86. The zero-order valence-electron chi connectivity index (χ0n) is 13.0. The lowest BCUT2D eigenvalue weighted by Gasteiger charge is -2.11. The van der Waals surface area contributed by atoms with E-state index in [4.69, 9.17) is 4.74 Å². The summed E-state index contributed by atoms with van der Waals surface area (Å²) in [6, 6.07) is 9.48. The number of esters is 2. The van der Waals surface area contributed by atoms with Crippen LogP contribution in [0, 0.1) is 13.8 Å². The van der Waals surface area contributed by atoms with Gasteiger partial charge in [-0.3, -0.25) is 0 Å². The molecular formula is C16H18N2O4. The van der Waals surface area contributed by atoms with Crippen LogP contribution in [0.5, 0.6) is 0 Å². The van der Waals surface area contributed by atoms with Crippen molar-refractivity contribution in [2.24, 2.45) is 0 Å². The highest BCUT2D eigenvalue weighted by Crippen LogP contribution is 2.19. The van der Waals surface area contributed by atoms with E-state index in [0.717, 1.165) is 5.69 Å². The number of hydrogen-bond donors (Lipinski definition) is 0. The van der Waals surface area contributed by atoms with Gasteiger partial charge in [0.2, 0.25) is 0 Å². The van der Waals surface area contributed by atoms with Gasteiger partial charge in [-0.25, -0.2) is 14.3 Å². The van der Waals surface area contributed by atoms with Crippen molar-refractivity contribution in [2.75, 3.05) is 7.11 Å². The van der Waals surface area contributed by atoms with Crippen molar-refractivity contribution in [3.8, 4) is 5.69 Å². The van der Waals surface area contributed by atoms with E-state index in [9.17, 15) is 9.59 Å². The van der Waals surface area contributed by atoms with Crippen LogP contribution in [0.25, 0.3) is 5.69 Å². The van der Waals surface area contributed by atoms with E-state index in [1.165, 1.54) is 14.0 Å². The van der Waals surface area contributed by atoms with E-state index < -0.39 is 18.0 Å². The van der Waals surface area contributed by atoms with Crippen molar-refractivity contribution in [3.63, 3.8) is 0 Å². The normalized spacial score (nSPS) is 11.8. The highest BCUT2D eigenvalue weighted by molar-refractivity contribution is 5.93. The lowest BCUT2D eigenvalue weighted by atomic mass is 10.2. The molecule has 0 aliphatic heterocycles. The number of aryl methyl sites for hydroxylation is 1. The molecular weight excluding hydrogens is 284 g/mol. The molecule has 2 aromatic rings. The maximum Gasteiger partial charge on any atom is 0.346 e. The summed E-state index contributed by atoms with van der Waals surface area (Å²) in [6.45, 7) is 4.98. The molecule has 116 valence electrons. The lowest BCUT2D eigenvalue weighted by molar-refractivity contribution is -0.149. The zero-order chi connectivity index (χ0) is 16.3. The molecule has 0 bridgehead atoms. The first-order valence-corrected chi connectivity index (χ1v) is 6.86. The molecule has 1 heterocycles. The van der Waals surface area contributed by atoms with Crippen molar-refractivity contribution in [1.29, 1.82) is 0 Å². The van der Waals surface area contributed by atoms with E-state index in [0.29, 0.717) is 17.0 Å². The number of ether oxygens (including phenoxy) is 2. The van der Waals surface area contributed by atoms with Crippen LogP contribution in [-0.2, 0) is 14.3 Å². The van der Waals surface area contributed by atoms with Gasteiger partial charge in [0, 0.05) is 0 Å². The number of hydrogen-bond acceptors (Lipinski definition) is 5. The first-order chi connectivity index (χ1) is 10.5. The van der Waals surface area contributed by atoms with Gasteiger partial charge in [-0.15, -0.1) is 0 Å². The largest absolute Gasteiger partial charge is 0.466 e. The summed E-state index contributed by atoms with van der Waals surface area (Å²) in [6.07, 6.45) is -0.962. The van der Waals surface area contributed by atoms with Gasteiger partial charge in [-0.05, 0) is 32.9 Å². The summed E-state index contributed by atoms with van der Waals surface area (Å²) in [5.41, 5.74) is 2.41. The molecule has 1 aromatic heterocycles. The van der Waals surface area contributed by atoms with Gasteiger partial charge in [0.25, 0.3) is 0 Å². The Kier molecular flexibility index (Phi) is 4.60. The van der Waals surface area contributed by atoms with Crippen LogP contribution in [0.15, 0.2) is 30.3 Å². The molecule has 0 fully saturated rings. The quantitative estimate of drug-likeness (QED) is 0.810. The molecule has 2 rings (SSSR count). The van der Waals surface area contributed by atoms with Gasteiger partial charge in [-0.1, -0.05) is 18.2 Å². The monoisotopic (exact) mass is 302 g/mol. The van der Waals surface area contributed by atoms with E-state index in [1.54, 1.807) is 18.5 Å². The molecule has 22 heavy (non-hydrogen) atoms. The summed E-state index contributed by atoms with van der Waals surface area (Å²) in [7, 11) is 1.25. The second-order valence-electron chi connectivity index (χ2n) is 4.86. The van der Waals surface area contributed by atoms with Crippen LogP contribution in [0.3, 0.4) is 0 Å². The molecule has 6 heteroatoms. The van der Waals surface area contributed by atoms with Crippen LogP contribution >= 0.6 is 0 Å². The van der Waals surface area contributed by atoms with Gasteiger partial charge in [-0.2, -0.15) is 5.10 Å². The van der Waals surface area contributed by atoms with E-state index in [-0.39, 0.29) is 0 Å². The molecule has 0 spiro atoms. The lowest BCUT2D eigenvalue weighted by Crippen LogP contribution is -2.25. The molecule has 0 amide bonds. The molecule has 1 atom stereocenters. The Labute approximate surface area is 128 Å². The van der Waals surface area contributed by atoms with Crippen LogP contribution in [0.1, 0.15) is 28.7 Å². The minimum absolute atomic E-state index is 0.361. The van der Waals surface area contributed by atoms with Gasteiger partial charge in [0.05, 0.1) is 24.2 Å². The van der Waals surface area contributed by atoms with E-state index in [1.807, 2.05) is 30.3 Å². The second kappa shape index (κ2) is 6.43. The average molecular weight is 302 g/mol. The number of methoxy groups -OCH3 is 1. The molecule has 0 aliphatic rings. The fourth-order valence-corrected chi connectivity index (χ4v) is 2.19. The zero-order valence-corrected chi connectivity index (χ0v) is 13.0. The number of benzene rings is 1. The minimum Gasteiger partial charge on any atom is -0.466 e. The van der Waals surface area contributed by atoms with Crippen LogP contribution in [-0.4, -0.2) is 34.9 Å². The van der Waals surface area contributed by atoms with E-state index >= 15 is 0 Å². The Balaban J connectivity index is 2.31. The standard InChI is InChI=1S/C16H18N2O4/c1-10-14(16(20)22-12(3)15(19)21-4)11(2)18(17-10)13-8-6-5-7-9-13/h5-9,12H,1-4H3/t12-/m0/s1. The Morgan fingerprint density at radius 3 is 2.41 bits per heavy atom. The molecule has 0 saturated carbocycles. The minimum atomic E-state index is -0.962. The third-order valence-corrected chi connectivity index (χ3v) is 3.31.